The second kappa shape index (κ2) is 4.10. The number of hydrogen-bond donors (Lipinski definition) is 1. The van der Waals surface area contributed by atoms with Gasteiger partial charge in [-0.2, -0.15) is 0 Å². The summed E-state index contributed by atoms with van der Waals surface area (Å²) in [5, 5.41) is 0. The summed E-state index contributed by atoms with van der Waals surface area (Å²) in [7, 11) is 0. The SMILES string of the molecule is NCC1(c2nc3cccc(Br)c3o2)CCCC1. The summed E-state index contributed by atoms with van der Waals surface area (Å²) in [6.45, 7) is 0.622. The molecule has 3 nitrogen and oxygen atoms in total. The summed E-state index contributed by atoms with van der Waals surface area (Å²) in [6, 6.07) is 5.93. The Bertz CT molecular complexity index is 543. The topological polar surface area (TPSA) is 52.0 Å². The highest BCUT2D eigenvalue weighted by molar-refractivity contribution is 9.10. The van der Waals surface area contributed by atoms with Crippen molar-refractivity contribution in [3.05, 3.63) is 28.6 Å². The molecule has 0 aliphatic heterocycles. The highest BCUT2D eigenvalue weighted by Crippen LogP contribution is 2.41. The van der Waals surface area contributed by atoms with Gasteiger partial charge in [0.25, 0.3) is 0 Å². The standard InChI is InChI=1S/C13H15BrN2O/c14-9-4-3-5-10-11(9)17-12(16-10)13(8-15)6-1-2-7-13/h3-5H,1-2,6-8,15H2. The fraction of sp³-hybridized carbons (Fsp3) is 0.462. The number of fused-ring (bicyclic) bond motifs is 1. The maximum absolute atomic E-state index is 5.95. The van der Waals surface area contributed by atoms with E-state index in [1.807, 2.05) is 18.2 Å². The molecule has 1 aliphatic rings. The van der Waals surface area contributed by atoms with Crippen LogP contribution in [0.5, 0.6) is 0 Å². The minimum atomic E-state index is -0.0293. The smallest absolute Gasteiger partial charge is 0.203 e. The Labute approximate surface area is 109 Å². The highest BCUT2D eigenvalue weighted by Gasteiger charge is 2.39. The van der Waals surface area contributed by atoms with Gasteiger partial charge in [-0.05, 0) is 40.9 Å². The van der Waals surface area contributed by atoms with E-state index in [2.05, 4.69) is 20.9 Å². The summed E-state index contributed by atoms with van der Waals surface area (Å²) < 4.78 is 6.90. The molecule has 0 radical (unpaired) electrons. The van der Waals surface area contributed by atoms with E-state index in [1.54, 1.807) is 0 Å². The van der Waals surface area contributed by atoms with Crippen LogP contribution in [0.2, 0.25) is 0 Å². The van der Waals surface area contributed by atoms with Crippen molar-refractivity contribution in [3.8, 4) is 0 Å². The van der Waals surface area contributed by atoms with Crippen molar-refractivity contribution in [3.63, 3.8) is 0 Å². The monoisotopic (exact) mass is 294 g/mol. The van der Waals surface area contributed by atoms with E-state index < -0.39 is 0 Å². The number of nitrogens with two attached hydrogens (primary N) is 1. The predicted octanol–water partition coefficient (Wildman–Crippen LogP) is 3.36. The molecule has 4 heteroatoms. The van der Waals surface area contributed by atoms with Crippen molar-refractivity contribution in [2.75, 3.05) is 6.54 Å². The first-order chi connectivity index (χ1) is 8.25. The number of hydrogen-bond acceptors (Lipinski definition) is 3. The Morgan fingerprint density at radius 3 is 2.76 bits per heavy atom. The Morgan fingerprint density at radius 2 is 2.12 bits per heavy atom. The third-order valence-electron chi connectivity index (χ3n) is 3.77. The van der Waals surface area contributed by atoms with Crippen molar-refractivity contribution in [1.82, 2.24) is 4.98 Å². The Hall–Kier alpha value is -0.870. The molecule has 0 unspecified atom stereocenters. The maximum atomic E-state index is 5.95. The fourth-order valence-corrected chi connectivity index (χ4v) is 3.14. The number of para-hydroxylation sites is 1. The molecule has 0 atom stereocenters. The van der Waals surface area contributed by atoms with Crippen LogP contribution in [-0.4, -0.2) is 11.5 Å². The first-order valence-corrected chi connectivity index (χ1v) is 6.80. The van der Waals surface area contributed by atoms with Gasteiger partial charge in [-0.15, -0.1) is 0 Å². The molecule has 2 aromatic rings. The summed E-state index contributed by atoms with van der Waals surface area (Å²) in [5.41, 5.74) is 7.67. The number of benzene rings is 1. The molecular weight excluding hydrogens is 280 g/mol. The number of halogens is 1. The molecule has 1 fully saturated rings. The van der Waals surface area contributed by atoms with Crippen LogP contribution in [0.25, 0.3) is 11.1 Å². The van der Waals surface area contributed by atoms with Crippen molar-refractivity contribution >= 4 is 27.0 Å². The predicted molar refractivity (Wildman–Crippen MR) is 70.9 cm³/mol. The van der Waals surface area contributed by atoms with E-state index in [0.29, 0.717) is 6.54 Å². The number of oxazole rings is 1. The normalized spacial score (nSPS) is 18.9. The molecule has 0 saturated heterocycles. The average molecular weight is 295 g/mol. The lowest BCUT2D eigenvalue weighted by Crippen LogP contribution is -2.32. The van der Waals surface area contributed by atoms with Gasteiger partial charge in [0.05, 0.1) is 9.89 Å². The van der Waals surface area contributed by atoms with Crippen LogP contribution in [0.3, 0.4) is 0 Å². The van der Waals surface area contributed by atoms with Gasteiger partial charge in [0.2, 0.25) is 5.89 Å². The molecule has 3 rings (SSSR count). The van der Waals surface area contributed by atoms with E-state index in [9.17, 15) is 0 Å². The molecule has 90 valence electrons. The quantitative estimate of drug-likeness (QED) is 0.924. The zero-order chi connectivity index (χ0) is 11.9. The van der Waals surface area contributed by atoms with Crippen molar-refractivity contribution in [2.45, 2.75) is 31.1 Å². The van der Waals surface area contributed by atoms with E-state index in [1.165, 1.54) is 12.8 Å². The summed E-state index contributed by atoms with van der Waals surface area (Å²) >= 11 is 3.49. The first kappa shape index (κ1) is 11.2. The lowest BCUT2D eigenvalue weighted by Gasteiger charge is -2.22. The largest absolute Gasteiger partial charge is 0.439 e. The van der Waals surface area contributed by atoms with Gasteiger partial charge in [0, 0.05) is 6.54 Å². The average Bonchev–Trinajstić information content (AvgIpc) is 2.96. The first-order valence-electron chi connectivity index (χ1n) is 6.01. The molecule has 1 aromatic carbocycles. The second-order valence-corrected chi connectivity index (χ2v) is 5.65. The van der Waals surface area contributed by atoms with Gasteiger partial charge < -0.3 is 10.2 Å². The summed E-state index contributed by atoms with van der Waals surface area (Å²) in [5.74, 6) is 0.819. The molecular formula is C13H15BrN2O. The zero-order valence-electron chi connectivity index (χ0n) is 9.58. The van der Waals surface area contributed by atoms with Crippen LogP contribution in [0.4, 0.5) is 0 Å². The van der Waals surface area contributed by atoms with Gasteiger partial charge in [0.1, 0.15) is 5.52 Å². The molecule has 2 N–H and O–H groups in total. The Morgan fingerprint density at radius 1 is 1.35 bits per heavy atom. The minimum Gasteiger partial charge on any atom is -0.439 e. The van der Waals surface area contributed by atoms with Gasteiger partial charge in [-0.3, -0.25) is 0 Å². The number of nitrogens with zero attached hydrogens (tertiary/aromatic N) is 1. The molecule has 1 aliphatic carbocycles. The molecule has 0 amide bonds. The summed E-state index contributed by atoms with van der Waals surface area (Å²) in [6.07, 6.45) is 4.62. The van der Waals surface area contributed by atoms with Gasteiger partial charge in [-0.1, -0.05) is 18.9 Å². The number of aromatic nitrogens is 1. The molecule has 0 bridgehead atoms. The minimum absolute atomic E-state index is 0.0293. The van der Waals surface area contributed by atoms with Crippen molar-refractivity contribution in [2.24, 2.45) is 5.73 Å². The maximum Gasteiger partial charge on any atom is 0.203 e. The fourth-order valence-electron chi connectivity index (χ4n) is 2.70. The third-order valence-corrected chi connectivity index (χ3v) is 4.40. The van der Waals surface area contributed by atoms with Crippen LogP contribution in [0.15, 0.2) is 27.1 Å². The van der Waals surface area contributed by atoms with E-state index in [0.717, 1.165) is 34.3 Å². The van der Waals surface area contributed by atoms with Crippen LogP contribution in [0, 0.1) is 0 Å². The lowest BCUT2D eigenvalue weighted by atomic mass is 9.86. The molecule has 0 spiro atoms. The molecule has 1 heterocycles. The third kappa shape index (κ3) is 1.70. The lowest BCUT2D eigenvalue weighted by molar-refractivity contribution is 0.343. The summed E-state index contributed by atoms with van der Waals surface area (Å²) in [4.78, 5) is 4.62. The molecule has 1 aromatic heterocycles. The van der Waals surface area contributed by atoms with Gasteiger partial charge in [0.15, 0.2) is 5.58 Å². The highest BCUT2D eigenvalue weighted by atomic mass is 79.9. The van der Waals surface area contributed by atoms with E-state index in [4.69, 9.17) is 10.2 Å². The Kier molecular flexibility index (Phi) is 2.71. The molecule has 17 heavy (non-hydrogen) atoms. The van der Waals surface area contributed by atoms with Crippen LogP contribution in [0.1, 0.15) is 31.6 Å². The van der Waals surface area contributed by atoms with Crippen LogP contribution < -0.4 is 5.73 Å². The van der Waals surface area contributed by atoms with Gasteiger partial charge in [-0.25, -0.2) is 4.98 Å². The van der Waals surface area contributed by atoms with Crippen LogP contribution in [-0.2, 0) is 5.41 Å². The van der Waals surface area contributed by atoms with E-state index in [-0.39, 0.29) is 5.41 Å². The Balaban J connectivity index is 2.14. The number of rotatable bonds is 2. The zero-order valence-corrected chi connectivity index (χ0v) is 11.2. The second-order valence-electron chi connectivity index (χ2n) is 4.80. The molecule has 1 saturated carbocycles. The van der Waals surface area contributed by atoms with Gasteiger partial charge >= 0.3 is 0 Å². The van der Waals surface area contributed by atoms with E-state index >= 15 is 0 Å². The van der Waals surface area contributed by atoms with Crippen molar-refractivity contribution < 1.29 is 4.42 Å². The van der Waals surface area contributed by atoms with Crippen LogP contribution >= 0.6 is 15.9 Å². The van der Waals surface area contributed by atoms with Crippen molar-refractivity contribution in [1.29, 1.82) is 0 Å².